The van der Waals surface area contributed by atoms with E-state index in [1.165, 1.54) is 18.2 Å². The van der Waals surface area contributed by atoms with Crippen molar-refractivity contribution in [2.75, 3.05) is 13.2 Å². The molecule has 2 rings (SSSR count). The molecule has 114 valence electrons. The zero-order chi connectivity index (χ0) is 15.9. The summed E-state index contributed by atoms with van der Waals surface area (Å²) in [6.45, 7) is -0.767. The SMILES string of the molecule is O=C(COc1cccc(F)c1)OCC(=O)c1cccc(Br)c1. The number of Topliss-reactive ketones (excluding diaryl/α,β-unsaturated/α-hetero) is 1. The Morgan fingerprint density at radius 3 is 2.55 bits per heavy atom. The monoisotopic (exact) mass is 366 g/mol. The van der Waals surface area contributed by atoms with Gasteiger partial charge in [0.15, 0.2) is 19.0 Å². The highest BCUT2D eigenvalue weighted by Crippen LogP contribution is 2.13. The topological polar surface area (TPSA) is 52.6 Å². The molecule has 22 heavy (non-hydrogen) atoms. The molecule has 0 unspecified atom stereocenters. The Hall–Kier alpha value is -2.21. The van der Waals surface area contributed by atoms with E-state index in [0.29, 0.717) is 5.56 Å². The molecule has 0 aliphatic heterocycles. The van der Waals surface area contributed by atoms with Crippen molar-refractivity contribution in [1.82, 2.24) is 0 Å². The van der Waals surface area contributed by atoms with Gasteiger partial charge in [-0.1, -0.05) is 34.1 Å². The number of rotatable bonds is 6. The quantitative estimate of drug-likeness (QED) is 0.580. The predicted octanol–water partition coefficient (Wildman–Crippen LogP) is 3.39. The number of hydrogen-bond acceptors (Lipinski definition) is 4. The summed E-state index contributed by atoms with van der Waals surface area (Å²) in [5, 5.41) is 0. The molecule has 0 amide bonds. The maximum absolute atomic E-state index is 12.9. The van der Waals surface area contributed by atoms with E-state index in [-0.39, 0.29) is 18.1 Å². The minimum atomic E-state index is -0.701. The highest BCUT2D eigenvalue weighted by Gasteiger charge is 2.11. The number of halogens is 2. The van der Waals surface area contributed by atoms with Gasteiger partial charge in [0.2, 0.25) is 0 Å². The Bertz CT molecular complexity index is 687. The summed E-state index contributed by atoms with van der Waals surface area (Å²) in [6.07, 6.45) is 0. The summed E-state index contributed by atoms with van der Waals surface area (Å²) in [4.78, 5) is 23.3. The highest BCUT2D eigenvalue weighted by atomic mass is 79.9. The van der Waals surface area contributed by atoms with Crippen molar-refractivity contribution < 1.29 is 23.5 Å². The van der Waals surface area contributed by atoms with Gasteiger partial charge in [0.25, 0.3) is 0 Å². The summed E-state index contributed by atoms with van der Waals surface area (Å²) >= 11 is 3.26. The van der Waals surface area contributed by atoms with E-state index in [1.807, 2.05) is 0 Å². The smallest absolute Gasteiger partial charge is 0.344 e. The Morgan fingerprint density at radius 2 is 1.82 bits per heavy atom. The van der Waals surface area contributed by atoms with Gasteiger partial charge in [0, 0.05) is 16.1 Å². The molecule has 0 heterocycles. The Morgan fingerprint density at radius 1 is 1.05 bits per heavy atom. The molecule has 6 heteroatoms. The molecule has 2 aromatic rings. The molecule has 0 saturated carbocycles. The molecule has 0 aromatic heterocycles. The Kier molecular flexibility index (Phi) is 5.66. The maximum atomic E-state index is 12.9. The third kappa shape index (κ3) is 4.96. The first kappa shape index (κ1) is 16.2. The predicted molar refractivity (Wildman–Crippen MR) is 81.3 cm³/mol. The van der Waals surface area contributed by atoms with Crippen LogP contribution in [-0.2, 0) is 9.53 Å². The van der Waals surface area contributed by atoms with Crippen LogP contribution in [0.3, 0.4) is 0 Å². The van der Waals surface area contributed by atoms with Gasteiger partial charge >= 0.3 is 5.97 Å². The average Bonchev–Trinajstić information content (AvgIpc) is 2.50. The lowest BCUT2D eigenvalue weighted by molar-refractivity contribution is -0.144. The molecule has 0 saturated heterocycles. The molecule has 0 spiro atoms. The van der Waals surface area contributed by atoms with E-state index in [0.717, 1.165) is 10.5 Å². The second-order valence-electron chi connectivity index (χ2n) is 4.34. The van der Waals surface area contributed by atoms with Gasteiger partial charge in [-0.2, -0.15) is 0 Å². The Labute approximate surface area is 135 Å². The number of benzene rings is 2. The summed E-state index contributed by atoms with van der Waals surface area (Å²) in [6, 6.07) is 12.2. The zero-order valence-electron chi connectivity index (χ0n) is 11.4. The average molecular weight is 367 g/mol. The molecule has 0 aliphatic carbocycles. The number of esters is 1. The van der Waals surface area contributed by atoms with Crippen LogP contribution in [-0.4, -0.2) is 25.0 Å². The fourth-order valence-electron chi connectivity index (χ4n) is 1.63. The first-order chi connectivity index (χ1) is 10.5. The number of carbonyl (C=O) groups is 2. The fourth-order valence-corrected chi connectivity index (χ4v) is 2.03. The minimum absolute atomic E-state index is 0.218. The van der Waals surface area contributed by atoms with Crippen LogP contribution in [0, 0.1) is 5.82 Å². The molecule has 4 nitrogen and oxygen atoms in total. The molecule has 0 fully saturated rings. The van der Waals surface area contributed by atoms with E-state index < -0.39 is 18.4 Å². The van der Waals surface area contributed by atoms with Crippen molar-refractivity contribution in [1.29, 1.82) is 0 Å². The molecule has 2 aromatic carbocycles. The van der Waals surface area contributed by atoms with Gasteiger partial charge in [0.1, 0.15) is 11.6 Å². The van der Waals surface area contributed by atoms with Crippen molar-refractivity contribution in [2.45, 2.75) is 0 Å². The first-order valence-electron chi connectivity index (χ1n) is 6.37. The zero-order valence-corrected chi connectivity index (χ0v) is 13.0. The second kappa shape index (κ2) is 7.70. The molecular weight excluding hydrogens is 355 g/mol. The fraction of sp³-hybridized carbons (Fsp3) is 0.125. The molecule has 0 radical (unpaired) electrons. The van der Waals surface area contributed by atoms with E-state index in [1.54, 1.807) is 24.3 Å². The number of ether oxygens (including phenoxy) is 2. The normalized spacial score (nSPS) is 10.1. The second-order valence-corrected chi connectivity index (χ2v) is 5.26. The standard InChI is InChI=1S/C16H12BrFO4/c17-12-4-1-3-11(7-12)15(19)9-22-16(20)10-21-14-6-2-5-13(18)8-14/h1-8H,9-10H2. The molecule has 0 aliphatic rings. The van der Waals surface area contributed by atoms with Gasteiger partial charge in [-0.3, -0.25) is 4.79 Å². The summed E-state index contributed by atoms with van der Waals surface area (Å²) in [5.41, 5.74) is 0.438. The van der Waals surface area contributed by atoms with E-state index in [2.05, 4.69) is 15.9 Å². The van der Waals surface area contributed by atoms with Gasteiger partial charge in [-0.15, -0.1) is 0 Å². The Balaban J connectivity index is 1.79. The van der Waals surface area contributed by atoms with Crippen molar-refractivity contribution in [3.8, 4) is 5.75 Å². The highest BCUT2D eigenvalue weighted by molar-refractivity contribution is 9.10. The first-order valence-corrected chi connectivity index (χ1v) is 7.16. The van der Waals surface area contributed by atoms with E-state index >= 15 is 0 Å². The van der Waals surface area contributed by atoms with E-state index in [4.69, 9.17) is 9.47 Å². The van der Waals surface area contributed by atoms with Crippen molar-refractivity contribution in [2.24, 2.45) is 0 Å². The summed E-state index contributed by atoms with van der Waals surface area (Å²) in [5.74, 6) is -1.26. The lowest BCUT2D eigenvalue weighted by Crippen LogP contribution is -2.19. The van der Waals surface area contributed by atoms with Crippen LogP contribution in [0.15, 0.2) is 53.0 Å². The number of ketones is 1. The summed E-state index contributed by atoms with van der Waals surface area (Å²) in [7, 11) is 0. The lowest BCUT2D eigenvalue weighted by atomic mass is 10.1. The van der Waals surface area contributed by atoms with Crippen LogP contribution in [0.1, 0.15) is 10.4 Å². The minimum Gasteiger partial charge on any atom is -0.482 e. The van der Waals surface area contributed by atoms with Gasteiger partial charge in [-0.05, 0) is 24.3 Å². The third-order valence-electron chi connectivity index (χ3n) is 2.66. The van der Waals surface area contributed by atoms with Gasteiger partial charge in [-0.25, -0.2) is 9.18 Å². The molecule has 0 N–H and O–H groups in total. The van der Waals surface area contributed by atoms with Crippen LogP contribution >= 0.6 is 15.9 Å². The third-order valence-corrected chi connectivity index (χ3v) is 3.16. The van der Waals surface area contributed by atoms with Crippen molar-refractivity contribution in [3.05, 3.63) is 64.4 Å². The molecular formula is C16H12BrFO4. The van der Waals surface area contributed by atoms with E-state index in [9.17, 15) is 14.0 Å². The van der Waals surface area contributed by atoms with Crippen LogP contribution in [0.5, 0.6) is 5.75 Å². The molecule has 0 bridgehead atoms. The lowest BCUT2D eigenvalue weighted by Gasteiger charge is -2.07. The van der Waals surface area contributed by atoms with Crippen molar-refractivity contribution >= 4 is 27.7 Å². The van der Waals surface area contributed by atoms with Gasteiger partial charge < -0.3 is 9.47 Å². The van der Waals surface area contributed by atoms with Gasteiger partial charge in [0.05, 0.1) is 0 Å². The molecule has 0 atom stereocenters. The maximum Gasteiger partial charge on any atom is 0.344 e. The van der Waals surface area contributed by atoms with Crippen LogP contribution in [0.2, 0.25) is 0 Å². The van der Waals surface area contributed by atoms with Crippen molar-refractivity contribution in [3.63, 3.8) is 0 Å². The van der Waals surface area contributed by atoms with Crippen LogP contribution in [0.25, 0.3) is 0 Å². The number of hydrogen-bond donors (Lipinski definition) is 0. The summed E-state index contributed by atoms with van der Waals surface area (Å²) < 4.78 is 23.6. The number of carbonyl (C=O) groups excluding carboxylic acids is 2. The van der Waals surface area contributed by atoms with Crippen LogP contribution in [0.4, 0.5) is 4.39 Å². The van der Waals surface area contributed by atoms with Crippen LogP contribution < -0.4 is 4.74 Å². The largest absolute Gasteiger partial charge is 0.482 e.